The van der Waals surface area contributed by atoms with Gasteiger partial charge in [-0.3, -0.25) is 9.79 Å². The van der Waals surface area contributed by atoms with Gasteiger partial charge in [-0.2, -0.15) is 0 Å². The number of benzene rings is 1. The van der Waals surface area contributed by atoms with E-state index < -0.39 is 17.7 Å². The minimum atomic E-state index is -1.42. The molecule has 21 heavy (non-hydrogen) atoms. The Hall–Kier alpha value is -1.76. The van der Waals surface area contributed by atoms with E-state index in [4.69, 9.17) is 11.5 Å². The van der Waals surface area contributed by atoms with E-state index in [1.807, 2.05) is 30.3 Å². The van der Waals surface area contributed by atoms with Crippen molar-refractivity contribution in [3.8, 4) is 0 Å². The van der Waals surface area contributed by atoms with Crippen molar-refractivity contribution in [2.45, 2.75) is 37.7 Å². The molecule has 1 aliphatic heterocycles. The fourth-order valence-electron chi connectivity index (χ4n) is 2.53. The van der Waals surface area contributed by atoms with Crippen LogP contribution in [0.2, 0.25) is 0 Å². The van der Waals surface area contributed by atoms with Crippen LogP contribution in [0.5, 0.6) is 0 Å². The molecule has 1 amide bonds. The van der Waals surface area contributed by atoms with Gasteiger partial charge < -0.3 is 16.6 Å². The number of nitrogens with two attached hydrogens (primary N) is 2. The predicted octanol–water partition coefficient (Wildman–Crippen LogP) is -0.147. The third-order valence-electron chi connectivity index (χ3n) is 3.67. The number of carbonyl (C=O) groups is 1. The van der Waals surface area contributed by atoms with Crippen LogP contribution >= 0.6 is 0 Å². The third-order valence-corrected chi connectivity index (χ3v) is 3.67. The highest BCUT2D eigenvalue weighted by molar-refractivity contribution is 6.02. The molecule has 0 aliphatic carbocycles. The molecule has 1 aromatic rings. The summed E-state index contributed by atoms with van der Waals surface area (Å²) in [6, 6.07) is 10.0. The van der Waals surface area contributed by atoms with Crippen molar-refractivity contribution in [2.75, 3.05) is 6.54 Å². The molecule has 0 saturated heterocycles. The van der Waals surface area contributed by atoms with Crippen molar-refractivity contribution in [2.24, 2.45) is 16.5 Å². The molecule has 0 bridgehead atoms. The van der Waals surface area contributed by atoms with Crippen LogP contribution in [0.25, 0.3) is 0 Å². The number of hydrogen-bond donors (Lipinski definition) is 3. The van der Waals surface area contributed by atoms with Gasteiger partial charge in [-0.1, -0.05) is 30.3 Å². The number of amides is 1. The number of aliphatic hydroxyl groups excluding tert-OH is 1. The van der Waals surface area contributed by atoms with Gasteiger partial charge in [0.1, 0.15) is 6.17 Å². The summed E-state index contributed by atoms with van der Waals surface area (Å²) >= 11 is 0. The lowest BCUT2D eigenvalue weighted by molar-refractivity contribution is -0.127. The minimum Gasteiger partial charge on any atom is -0.392 e. The number of hydrogen-bond acceptors (Lipinski definition) is 5. The largest absolute Gasteiger partial charge is 0.392 e. The summed E-state index contributed by atoms with van der Waals surface area (Å²) in [6.07, 6.45) is 2.05. The smallest absolute Gasteiger partial charge is 0.258 e. The van der Waals surface area contributed by atoms with Crippen LogP contribution in [0.1, 0.15) is 18.9 Å². The highest BCUT2D eigenvalue weighted by Gasteiger charge is 2.45. The first kappa shape index (κ1) is 15.6. The van der Waals surface area contributed by atoms with E-state index in [1.165, 1.54) is 11.8 Å². The maximum atomic E-state index is 11.6. The van der Waals surface area contributed by atoms with Crippen molar-refractivity contribution in [1.29, 1.82) is 0 Å². The average molecular weight is 290 g/mol. The zero-order chi connectivity index (χ0) is 15.5. The fourth-order valence-corrected chi connectivity index (χ4v) is 2.53. The van der Waals surface area contributed by atoms with Gasteiger partial charge in [0.05, 0.1) is 6.10 Å². The number of primary amides is 1. The number of nitrogens with zero attached hydrogens (tertiary/aromatic N) is 2. The number of aliphatic hydroxyl groups is 1. The van der Waals surface area contributed by atoms with Crippen molar-refractivity contribution in [3.63, 3.8) is 0 Å². The first-order valence-electron chi connectivity index (χ1n) is 7.05. The Morgan fingerprint density at radius 3 is 2.71 bits per heavy atom. The first-order valence-corrected chi connectivity index (χ1v) is 7.05. The van der Waals surface area contributed by atoms with E-state index >= 15 is 0 Å². The van der Waals surface area contributed by atoms with Crippen molar-refractivity contribution >= 4 is 12.1 Å². The number of aryl methyl sites for hydroxylation is 1. The Bertz CT molecular complexity index is 518. The predicted molar refractivity (Wildman–Crippen MR) is 81.5 cm³/mol. The Labute approximate surface area is 124 Å². The van der Waals surface area contributed by atoms with Gasteiger partial charge in [0.25, 0.3) is 5.91 Å². The highest BCUT2D eigenvalue weighted by Crippen LogP contribution is 2.23. The summed E-state index contributed by atoms with van der Waals surface area (Å²) in [5, 5.41) is 9.62. The molecular weight excluding hydrogens is 268 g/mol. The topological polar surface area (TPSA) is 105 Å². The quantitative estimate of drug-likeness (QED) is 0.677. The Morgan fingerprint density at radius 2 is 2.14 bits per heavy atom. The van der Waals surface area contributed by atoms with Gasteiger partial charge in [0, 0.05) is 12.8 Å². The lowest BCUT2D eigenvalue weighted by Crippen LogP contribution is -2.65. The number of β-amino-alcohol motifs (C(OH)–C–C–N with tert-alkyl or cyclic N) is 1. The molecule has 1 heterocycles. The second-order valence-corrected chi connectivity index (χ2v) is 5.47. The zero-order valence-corrected chi connectivity index (χ0v) is 12.1. The van der Waals surface area contributed by atoms with Crippen molar-refractivity contribution in [1.82, 2.24) is 4.90 Å². The monoisotopic (exact) mass is 290 g/mol. The molecule has 0 radical (unpaired) electrons. The lowest BCUT2D eigenvalue weighted by atomic mass is 10.1. The highest BCUT2D eigenvalue weighted by atomic mass is 16.3. The molecule has 0 aromatic heterocycles. The summed E-state index contributed by atoms with van der Waals surface area (Å²) < 4.78 is 0. The van der Waals surface area contributed by atoms with Gasteiger partial charge in [0.2, 0.25) is 0 Å². The van der Waals surface area contributed by atoms with Gasteiger partial charge in [-0.25, -0.2) is 4.90 Å². The molecule has 1 aliphatic rings. The molecule has 5 N–H and O–H groups in total. The normalized spacial score (nSPS) is 26.9. The molecule has 3 unspecified atom stereocenters. The molecule has 2 rings (SSSR count). The summed E-state index contributed by atoms with van der Waals surface area (Å²) in [5.41, 5.74) is 11.2. The molecule has 1 aromatic carbocycles. The van der Waals surface area contributed by atoms with Crippen molar-refractivity contribution in [3.05, 3.63) is 35.9 Å². The van der Waals surface area contributed by atoms with Crippen molar-refractivity contribution < 1.29 is 9.90 Å². The number of carbonyl (C=O) groups excluding carboxylic acids is 1. The van der Waals surface area contributed by atoms with E-state index in [0.29, 0.717) is 6.42 Å². The Kier molecular flexibility index (Phi) is 4.72. The average Bonchev–Trinajstić information content (AvgIpc) is 2.76. The fraction of sp³-hybridized carbons (Fsp3) is 0.467. The van der Waals surface area contributed by atoms with Gasteiger partial charge in [-0.05, 0) is 25.3 Å². The van der Waals surface area contributed by atoms with Crippen LogP contribution in [-0.2, 0) is 11.2 Å². The lowest BCUT2D eigenvalue weighted by Gasteiger charge is -2.34. The summed E-state index contributed by atoms with van der Waals surface area (Å²) in [7, 11) is 0. The van der Waals surface area contributed by atoms with E-state index in [9.17, 15) is 9.90 Å². The zero-order valence-electron chi connectivity index (χ0n) is 12.1. The SMILES string of the molecule is CC(O)CN1C(CCc2ccccc2)N=CC1(N)C(N)=O. The second kappa shape index (κ2) is 6.34. The molecule has 0 saturated carbocycles. The van der Waals surface area contributed by atoms with Crippen LogP contribution in [0, 0.1) is 0 Å². The number of rotatable bonds is 6. The second-order valence-electron chi connectivity index (χ2n) is 5.47. The summed E-state index contributed by atoms with van der Waals surface area (Å²) in [5.74, 6) is -0.658. The molecule has 0 fully saturated rings. The van der Waals surface area contributed by atoms with Crippen LogP contribution in [0.3, 0.4) is 0 Å². The van der Waals surface area contributed by atoms with Gasteiger partial charge in [0.15, 0.2) is 5.66 Å². The summed E-state index contributed by atoms with van der Waals surface area (Å²) in [4.78, 5) is 17.6. The van der Waals surface area contributed by atoms with Crippen LogP contribution in [0.4, 0.5) is 0 Å². The van der Waals surface area contributed by atoms with Crippen LogP contribution in [0.15, 0.2) is 35.3 Å². The van der Waals surface area contributed by atoms with E-state index in [1.54, 1.807) is 11.8 Å². The van der Waals surface area contributed by atoms with E-state index in [-0.39, 0.29) is 12.7 Å². The third kappa shape index (κ3) is 3.47. The Morgan fingerprint density at radius 1 is 1.48 bits per heavy atom. The maximum Gasteiger partial charge on any atom is 0.258 e. The van der Waals surface area contributed by atoms with Gasteiger partial charge in [-0.15, -0.1) is 0 Å². The molecule has 0 spiro atoms. The van der Waals surface area contributed by atoms with Crippen LogP contribution in [-0.4, -0.2) is 46.6 Å². The van der Waals surface area contributed by atoms with Gasteiger partial charge >= 0.3 is 0 Å². The van der Waals surface area contributed by atoms with E-state index in [0.717, 1.165) is 6.42 Å². The molecular formula is C15H22N4O2. The molecule has 3 atom stereocenters. The minimum absolute atomic E-state index is 0.249. The van der Waals surface area contributed by atoms with E-state index in [2.05, 4.69) is 4.99 Å². The standard InChI is InChI=1S/C15H22N4O2/c1-11(20)9-19-13(18-10-15(19,17)14(16)21)8-7-12-5-3-2-4-6-12/h2-6,10-11,13,20H,7-9,17H2,1H3,(H2,16,21). The van der Waals surface area contributed by atoms with Crippen LogP contribution < -0.4 is 11.5 Å². The Balaban J connectivity index is 2.08. The maximum absolute atomic E-state index is 11.6. The summed E-state index contributed by atoms with van der Waals surface area (Å²) in [6.45, 7) is 1.90. The molecule has 6 heteroatoms. The molecule has 114 valence electrons. The number of aliphatic imine (C=N–C) groups is 1. The first-order chi connectivity index (χ1) is 9.93. The molecule has 6 nitrogen and oxygen atoms in total.